The zero-order valence-electron chi connectivity index (χ0n) is 13.4. The van der Waals surface area contributed by atoms with Crippen LogP contribution in [0.2, 0.25) is 0 Å². The van der Waals surface area contributed by atoms with Gasteiger partial charge in [-0.1, -0.05) is 33.1 Å². The van der Waals surface area contributed by atoms with Gasteiger partial charge in [0, 0.05) is 6.04 Å². The minimum atomic E-state index is 0.451. The molecule has 1 heterocycles. The van der Waals surface area contributed by atoms with Crippen molar-refractivity contribution in [2.75, 3.05) is 6.54 Å². The summed E-state index contributed by atoms with van der Waals surface area (Å²) in [4.78, 5) is 0. The summed E-state index contributed by atoms with van der Waals surface area (Å²) in [5.41, 5.74) is 3.47. The van der Waals surface area contributed by atoms with E-state index in [9.17, 15) is 0 Å². The maximum Gasteiger partial charge on any atom is 0.0648 e. The number of nitrogens with one attached hydrogen (secondary N) is 1. The lowest BCUT2D eigenvalue weighted by Crippen LogP contribution is -2.32. The largest absolute Gasteiger partial charge is 0.310 e. The average molecular weight is 275 g/mol. The molecule has 1 N–H and O–H groups in total. The number of aryl methyl sites for hydroxylation is 2. The van der Waals surface area contributed by atoms with Gasteiger partial charge in [0.1, 0.15) is 0 Å². The molecule has 0 amide bonds. The van der Waals surface area contributed by atoms with Gasteiger partial charge in [-0.3, -0.25) is 0 Å². The van der Waals surface area contributed by atoms with E-state index < -0.39 is 0 Å². The zero-order valence-corrected chi connectivity index (χ0v) is 13.4. The molecule has 1 unspecified atom stereocenters. The van der Waals surface area contributed by atoms with Crippen molar-refractivity contribution in [1.29, 1.82) is 0 Å². The van der Waals surface area contributed by atoms with Gasteiger partial charge in [0.15, 0.2) is 0 Å². The molecule has 3 heteroatoms. The summed E-state index contributed by atoms with van der Waals surface area (Å²) < 4.78 is 0. The number of hydrogen-bond donors (Lipinski definition) is 1. The first-order chi connectivity index (χ1) is 9.65. The summed E-state index contributed by atoms with van der Waals surface area (Å²) in [6.07, 6.45) is 6.81. The van der Waals surface area contributed by atoms with Gasteiger partial charge in [-0.2, -0.15) is 10.2 Å². The first kappa shape index (κ1) is 15.4. The van der Waals surface area contributed by atoms with Gasteiger partial charge in [0.05, 0.1) is 11.4 Å². The van der Waals surface area contributed by atoms with Crippen LogP contribution >= 0.6 is 0 Å². The summed E-state index contributed by atoms with van der Waals surface area (Å²) in [7, 11) is 0. The van der Waals surface area contributed by atoms with Crippen LogP contribution in [0.15, 0.2) is 6.07 Å². The third-order valence-corrected chi connectivity index (χ3v) is 4.84. The maximum absolute atomic E-state index is 4.32. The molecule has 1 aliphatic carbocycles. The van der Waals surface area contributed by atoms with Gasteiger partial charge >= 0.3 is 0 Å². The quantitative estimate of drug-likeness (QED) is 0.884. The monoisotopic (exact) mass is 275 g/mol. The Balaban J connectivity index is 2.16. The van der Waals surface area contributed by atoms with E-state index in [1.165, 1.54) is 37.7 Å². The Labute approximate surface area is 123 Å². The van der Waals surface area contributed by atoms with Crippen molar-refractivity contribution >= 4 is 0 Å². The van der Waals surface area contributed by atoms with Crippen molar-refractivity contribution in [2.45, 2.75) is 65.8 Å². The van der Waals surface area contributed by atoms with Gasteiger partial charge in [0.25, 0.3) is 0 Å². The summed E-state index contributed by atoms with van der Waals surface area (Å²) in [6, 6.07) is 2.67. The SMILES string of the molecule is CCNC(c1cc(C)nnc1C)C1CCC(CC)CC1. The molecule has 1 aromatic heterocycles. The van der Waals surface area contributed by atoms with E-state index >= 15 is 0 Å². The lowest BCUT2D eigenvalue weighted by molar-refractivity contribution is 0.219. The fourth-order valence-electron chi connectivity index (χ4n) is 3.57. The molecule has 20 heavy (non-hydrogen) atoms. The molecular weight excluding hydrogens is 246 g/mol. The summed E-state index contributed by atoms with van der Waals surface area (Å²) >= 11 is 0. The third-order valence-electron chi connectivity index (χ3n) is 4.84. The van der Waals surface area contributed by atoms with Gasteiger partial charge in [-0.05, 0) is 56.7 Å². The van der Waals surface area contributed by atoms with Gasteiger partial charge in [-0.25, -0.2) is 0 Å². The van der Waals surface area contributed by atoms with E-state index in [0.29, 0.717) is 6.04 Å². The standard InChI is InChI=1S/C17H29N3/c1-5-14-7-9-15(10-8-14)17(18-6-2)16-11-12(3)19-20-13(16)4/h11,14-15,17-18H,5-10H2,1-4H3. The molecular formula is C17H29N3. The van der Waals surface area contributed by atoms with E-state index in [-0.39, 0.29) is 0 Å². The summed E-state index contributed by atoms with van der Waals surface area (Å²) in [5, 5.41) is 12.2. The highest BCUT2D eigenvalue weighted by Crippen LogP contribution is 2.38. The molecule has 1 aliphatic rings. The first-order valence-corrected chi connectivity index (χ1v) is 8.19. The van der Waals surface area contributed by atoms with E-state index in [2.05, 4.69) is 42.4 Å². The van der Waals surface area contributed by atoms with Crippen LogP contribution in [0.4, 0.5) is 0 Å². The van der Waals surface area contributed by atoms with Crippen LogP contribution < -0.4 is 5.32 Å². The molecule has 0 bridgehead atoms. The molecule has 112 valence electrons. The number of rotatable bonds is 5. The van der Waals surface area contributed by atoms with Crippen LogP contribution in [0.3, 0.4) is 0 Å². The van der Waals surface area contributed by atoms with Gasteiger partial charge in [0.2, 0.25) is 0 Å². The predicted octanol–water partition coefficient (Wildman–Crippen LogP) is 3.96. The Bertz CT molecular complexity index is 422. The Morgan fingerprint density at radius 1 is 1.15 bits per heavy atom. The second-order valence-electron chi connectivity index (χ2n) is 6.25. The van der Waals surface area contributed by atoms with Crippen LogP contribution in [0, 0.1) is 25.7 Å². The normalized spacial score (nSPS) is 24.6. The van der Waals surface area contributed by atoms with Gasteiger partial charge < -0.3 is 5.32 Å². The lowest BCUT2D eigenvalue weighted by atomic mass is 9.75. The second-order valence-corrected chi connectivity index (χ2v) is 6.25. The van der Waals surface area contributed by atoms with Crippen molar-refractivity contribution in [2.24, 2.45) is 11.8 Å². The lowest BCUT2D eigenvalue weighted by Gasteiger charge is -2.34. The molecule has 0 spiro atoms. The fraction of sp³-hybridized carbons (Fsp3) is 0.765. The molecule has 1 atom stereocenters. The van der Waals surface area contributed by atoms with Crippen molar-refractivity contribution in [3.8, 4) is 0 Å². The smallest absolute Gasteiger partial charge is 0.0648 e. The summed E-state index contributed by atoms with van der Waals surface area (Å²) in [5.74, 6) is 1.70. The highest BCUT2D eigenvalue weighted by molar-refractivity contribution is 5.24. The van der Waals surface area contributed by atoms with Crippen LogP contribution in [-0.2, 0) is 0 Å². The Kier molecular flexibility index (Phi) is 5.53. The van der Waals surface area contributed by atoms with Crippen molar-refractivity contribution in [3.63, 3.8) is 0 Å². The van der Waals surface area contributed by atoms with E-state index in [1.54, 1.807) is 0 Å². The highest BCUT2D eigenvalue weighted by Gasteiger charge is 2.28. The highest BCUT2D eigenvalue weighted by atomic mass is 15.1. The van der Waals surface area contributed by atoms with E-state index in [1.807, 2.05) is 6.92 Å². The molecule has 3 nitrogen and oxygen atoms in total. The van der Waals surface area contributed by atoms with Gasteiger partial charge in [-0.15, -0.1) is 0 Å². The van der Waals surface area contributed by atoms with Crippen LogP contribution in [0.1, 0.15) is 68.9 Å². The van der Waals surface area contributed by atoms with Crippen LogP contribution in [0.5, 0.6) is 0 Å². The van der Waals surface area contributed by atoms with E-state index in [0.717, 1.165) is 29.8 Å². The number of hydrogen-bond acceptors (Lipinski definition) is 3. The second kappa shape index (κ2) is 7.16. The molecule has 0 radical (unpaired) electrons. The molecule has 0 saturated heterocycles. The minimum Gasteiger partial charge on any atom is -0.310 e. The topological polar surface area (TPSA) is 37.8 Å². The van der Waals surface area contributed by atoms with Crippen molar-refractivity contribution in [1.82, 2.24) is 15.5 Å². The predicted molar refractivity (Wildman–Crippen MR) is 83.7 cm³/mol. The third kappa shape index (κ3) is 3.57. The molecule has 0 aromatic carbocycles. The Hall–Kier alpha value is -0.960. The van der Waals surface area contributed by atoms with Crippen molar-refractivity contribution in [3.05, 3.63) is 23.0 Å². The maximum atomic E-state index is 4.32. The first-order valence-electron chi connectivity index (χ1n) is 8.19. The van der Waals surface area contributed by atoms with E-state index in [4.69, 9.17) is 0 Å². The zero-order chi connectivity index (χ0) is 14.5. The number of nitrogens with zero attached hydrogens (tertiary/aromatic N) is 2. The van der Waals surface area contributed by atoms with Crippen LogP contribution in [-0.4, -0.2) is 16.7 Å². The molecule has 1 aromatic rings. The minimum absolute atomic E-state index is 0.451. The molecule has 1 fully saturated rings. The fourth-order valence-corrected chi connectivity index (χ4v) is 3.57. The molecule has 2 rings (SSSR count). The van der Waals surface area contributed by atoms with Crippen LogP contribution in [0.25, 0.3) is 0 Å². The average Bonchev–Trinajstić information content (AvgIpc) is 2.48. The number of aromatic nitrogens is 2. The Morgan fingerprint density at radius 2 is 1.85 bits per heavy atom. The Morgan fingerprint density at radius 3 is 2.45 bits per heavy atom. The van der Waals surface area contributed by atoms with Crippen molar-refractivity contribution < 1.29 is 0 Å². The molecule has 0 aliphatic heterocycles. The molecule has 1 saturated carbocycles. The summed E-state index contributed by atoms with van der Waals surface area (Å²) in [6.45, 7) is 9.66.